The van der Waals surface area contributed by atoms with Crippen molar-refractivity contribution in [1.82, 2.24) is 5.32 Å². The van der Waals surface area contributed by atoms with Crippen molar-refractivity contribution in [2.45, 2.75) is 45.3 Å². The molecule has 1 saturated heterocycles. The second-order valence-electron chi connectivity index (χ2n) is 6.84. The van der Waals surface area contributed by atoms with Gasteiger partial charge in [0, 0.05) is 18.2 Å². The highest BCUT2D eigenvalue weighted by Crippen LogP contribution is 2.26. The highest BCUT2D eigenvalue weighted by Gasteiger charge is 2.17. The molecule has 25 heavy (non-hydrogen) atoms. The molecule has 134 valence electrons. The molecule has 3 nitrogen and oxygen atoms in total. The average molecular weight is 339 g/mol. The number of hydrogen-bond donors (Lipinski definition) is 1. The molecule has 2 unspecified atom stereocenters. The van der Waals surface area contributed by atoms with Crippen LogP contribution in [-0.4, -0.2) is 25.9 Å². The first-order valence-electron chi connectivity index (χ1n) is 9.35. The van der Waals surface area contributed by atoms with Gasteiger partial charge >= 0.3 is 0 Å². The molecule has 1 fully saturated rings. The predicted octanol–water partition coefficient (Wildman–Crippen LogP) is 4.45. The summed E-state index contributed by atoms with van der Waals surface area (Å²) in [6.07, 6.45) is 3.53. The summed E-state index contributed by atoms with van der Waals surface area (Å²) in [4.78, 5) is 0. The monoisotopic (exact) mass is 339 g/mol. The molecule has 2 aromatic rings. The molecule has 0 aliphatic carbocycles. The Labute approximate surface area is 151 Å². The molecular formula is C22H29NO2. The standard InChI is InChI=1S/C22H29NO2/c1-17-8-3-4-9-19(17)13-14-23-18(2)21-11-5-6-12-22(21)25-16-20-10-7-15-24-20/h3-6,8-9,11-12,18,20,23H,7,10,13-16H2,1-2H3. The van der Waals surface area contributed by atoms with E-state index in [1.54, 1.807) is 0 Å². The lowest BCUT2D eigenvalue weighted by atomic mass is 10.0. The third-order valence-electron chi connectivity index (χ3n) is 4.94. The highest BCUT2D eigenvalue weighted by atomic mass is 16.5. The van der Waals surface area contributed by atoms with Gasteiger partial charge in [-0.2, -0.15) is 0 Å². The Balaban J connectivity index is 1.54. The zero-order chi connectivity index (χ0) is 17.5. The number of para-hydroxylation sites is 1. The largest absolute Gasteiger partial charge is 0.491 e. The van der Waals surface area contributed by atoms with Crippen LogP contribution in [0.25, 0.3) is 0 Å². The smallest absolute Gasteiger partial charge is 0.124 e. The first-order valence-corrected chi connectivity index (χ1v) is 9.35. The molecule has 3 rings (SSSR count). The summed E-state index contributed by atoms with van der Waals surface area (Å²) < 4.78 is 11.7. The third-order valence-corrected chi connectivity index (χ3v) is 4.94. The van der Waals surface area contributed by atoms with Crippen molar-refractivity contribution < 1.29 is 9.47 Å². The molecule has 2 aromatic carbocycles. The molecule has 2 atom stereocenters. The van der Waals surface area contributed by atoms with E-state index in [9.17, 15) is 0 Å². The van der Waals surface area contributed by atoms with Gasteiger partial charge < -0.3 is 14.8 Å². The number of benzene rings is 2. The van der Waals surface area contributed by atoms with Gasteiger partial charge in [-0.25, -0.2) is 0 Å². The van der Waals surface area contributed by atoms with Crippen LogP contribution in [0.1, 0.15) is 42.5 Å². The van der Waals surface area contributed by atoms with Crippen molar-refractivity contribution >= 4 is 0 Å². The Kier molecular flexibility index (Phi) is 6.48. The lowest BCUT2D eigenvalue weighted by Crippen LogP contribution is -2.23. The van der Waals surface area contributed by atoms with Gasteiger partial charge in [-0.05, 0) is 56.8 Å². The van der Waals surface area contributed by atoms with Crippen molar-refractivity contribution in [3.05, 3.63) is 65.2 Å². The van der Waals surface area contributed by atoms with Gasteiger partial charge in [-0.1, -0.05) is 42.5 Å². The second kappa shape index (κ2) is 9.02. The number of rotatable bonds is 8. The molecule has 0 spiro atoms. The summed E-state index contributed by atoms with van der Waals surface area (Å²) >= 11 is 0. The second-order valence-corrected chi connectivity index (χ2v) is 6.84. The quantitative estimate of drug-likeness (QED) is 0.771. The predicted molar refractivity (Wildman–Crippen MR) is 102 cm³/mol. The Morgan fingerprint density at radius 3 is 2.76 bits per heavy atom. The number of hydrogen-bond acceptors (Lipinski definition) is 3. The fourth-order valence-electron chi connectivity index (χ4n) is 3.35. The van der Waals surface area contributed by atoms with E-state index < -0.39 is 0 Å². The fourth-order valence-corrected chi connectivity index (χ4v) is 3.35. The van der Waals surface area contributed by atoms with Gasteiger partial charge in [0.1, 0.15) is 12.4 Å². The van der Waals surface area contributed by atoms with E-state index in [1.807, 2.05) is 6.07 Å². The Morgan fingerprint density at radius 1 is 1.16 bits per heavy atom. The van der Waals surface area contributed by atoms with E-state index in [0.29, 0.717) is 6.61 Å². The van der Waals surface area contributed by atoms with Gasteiger partial charge in [0.15, 0.2) is 0 Å². The summed E-state index contributed by atoms with van der Waals surface area (Å²) in [6.45, 7) is 6.84. The van der Waals surface area contributed by atoms with E-state index in [1.165, 1.54) is 16.7 Å². The van der Waals surface area contributed by atoms with Crippen LogP contribution >= 0.6 is 0 Å². The minimum atomic E-state index is 0.248. The van der Waals surface area contributed by atoms with Crippen molar-refractivity contribution in [2.75, 3.05) is 19.8 Å². The maximum atomic E-state index is 6.06. The van der Waals surface area contributed by atoms with Crippen LogP contribution < -0.4 is 10.1 Å². The first kappa shape index (κ1) is 18.0. The zero-order valence-corrected chi connectivity index (χ0v) is 15.3. The molecule has 0 saturated carbocycles. The van der Waals surface area contributed by atoms with Crippen LogP contribution in [0, 0.1) is 6.92 Å². The third kappa shape index (κ3) is 5.07. The average Bonchev–Trinajstić information content (AvgIpc) is 3.15. The van der Waals surface area contributed by atoms with Crippen LogP contribution in [0.3, 0.4) is 0 Å². The van der Waals surface area contributed by atoms with Crippen LogP contribution in [0.4, 0.5) is 0 Å². The molecule has 1 aliphatic heterocycles. The summed E-state index contributed by atoms with van der Waals surface area (Å²) in [5, 5.41) is 3.63. The van der Waals surface area contributed by atoms with E-state index in [4.69, 9.17) is 9.47 Å². The van der Waals surface area contributed by atoms with E-state index in [-0.39, 0.29) is 12.1 Å². The molecule has 3 heteroatoms. The summed E-state index contributed by atoms with van der Waals surface area (Å²) in [5.74, 6) is 0.967. The maximum absolute atomic E-state index is 6.06. The zero-order valence-electron chi connectivity index (χ0n) is 15.3. The van der Waals surface area contributed by atoms with E-state index >= 15 is 0 Å². The van der Waals surface area contributed by atoms with Crippen LogP contribution in [-0.2, 0) is 11.2 Å². The molecule has 1 N–H and O–H groups in total. The minimum Gasteiger partial charge on any atom is -0.491 e. The van der Waals surface area contributed by atoms with Crippen LogP contribution in [0.15, 0.2) is 48.5 Å². The molecule has 1 heterocycles. The van der Waals surface area contributed by atoms with Gasteiger partial charge in [-0.15, -0.1) is 0 Å². The van der Waals surface area contributed by atoms with Crippen molar-refractivity contribution in [3.8, 4) is 5.75 Å². The summed E-state index contributed by atoms with van der Waals surface area (Å²) in [6, 6.07) is 17.2. The SMILES string of the molecule is Cc1ccccc1CCNC(C)c1ccccc1OCC1CCCO1. The summed E-state index contributed by atoms with van der Waals surface area (Å²) in [7, 11) is 0. The van der Waals surface area contributed by atoms with Crippen molar-refractivity contribution in [2.24, 2.45) is 0 Å². The highest BCUT2D eigenvalue weighted by molar-refractivity contribution is 5.35. The topological polar surface area (TPSA) is 30.5 Å². The Bertz CT molecular complexity index is 665. The van der Waals surface area contributed by atoms with E-state index in [0.717, 1.165) is 38.2 Å². The molecule has 0 radical (unpaired) electrons. The number of aryl methyl sites for hydroxylation is 1. The molecule has 0 aromatic heterocycles. The maximum Gasteiger partial charge on any atom is 0.124 e. The molecule has 1 aliphatic rings. The van der Waals surface area contributed by atoms with Gasteiger partial charge in [0.2, 0.25) is 0 Å². The van der Waals surface area contributed by atoms with Crippen molar-refractivity contribution in [3.63, 3.8) is 0 Å². The molecular weight excluding hydrogens is 310 g/mol. The van der Waals surface area contributed by atoms with Crippen LogP contribution in [0.5, 0.6) is 5.75 Å². The molecule has 0 amide bonds. The van der Waals surface area contributed by atoms with Crippen molar-refractivity contribution in [1.29, 1.82) is 0 Å². The van der Waals surface area contributed by atoms with Gasteiger partial charge in [0.05, 0.1) is 6.10 Å². The fraction of sp³-hybridized carbons (Fsp3) is 0.455. The minimum absolute atomic E-state index is 0.248. The van der Waals surface area contributed by atoms with Crippen LogP contribution in [0.2, 0.25) is 0 Å². The number of nitrogens with one attached hydrogen (secondary N) is 1. The Morgan fingerprint density at radius 2 is 1.96 bits per heavy atom. The lowest BCUT2D eigenvalue weighted by Gasteiger charge is -2.20. The Hall–Kier alpha value is -1.84. The lowest BCUT2D eigenvalue weighted by molar-refractivity contribution is 0.0674. The normalized spacial score (nSPS) is 18.2. The number of ether oxygens (including phenoxy) is 2. The molecule has 0 bridgehead atoms. The summed E-state index contributed by atoms with van der Waals surface area (Å²) in [5.41, 5.74) is 3.98. The van der Waals surface area contributed by atoms with E-state index in [2.05, 4.69) is 61.6 Å². The van der Waals surface area contributed by atoms with Gasteiger partial charge in [0.25, 0.3) is 0 Å². The van der Waals surface area contributed by atoms with Gasteiger partial charge in [-0.3, -0.25) is 0 Å². The first-order chi connectivity index (χ1) is 12.2.